The van der Waals surface area contributed by atoms with Gasteiger partial charge in [-0.25, -0.2) is 0 Å². The van der Waals surface area contributed by atoms with Gasteiger partial charge in [-0.1, -0.05) is 0 Å². The molecule has 3 aliphatic carbocycles. The molecule has 0 amide bonds. The fourth-order valence-corrected chi connectivity index (χ4v) is 4.37. The van der Waals surface area contributed by atoms with Crippen molar-refractivity contribution in [2.75, 3.05) is 26.7 Å². The van der Waals surface area contributed by atoms with Gasteiger partial charge in [0, 0.05) is 13.1 Å². The van der Waals surface area contributed by atoms with Gasteiger partial charge in [-0.3, -0.25) is 0 Å². The summed E-state index contributed by atoms with van der Waals surface area (Å²) in [6.45, 7) is 2.40. The molecule has 3 rings (SSSR count). The van der Waals surface area contributed by atoms with Gasteiger partial charge in [-0.05, 0) is 55.9 Å². The van der Waals surface area contributed by atoms with E-state index < -0.39 is 0 Å². The first-order valence-electron chi connectivity index (χ1n) is 6.10. The lowest BCUT2D eigenvalue weighted by atomic mass is 10.0. The highest BCUT2D eigenvalue weighted by Gasteiger charge is 2.64. The maximum absolute atomic E-state index is 8.85. The summed E-state index contributed by atoms with van der Waals surface area (Å²) in [6.07, 6.45) is 4.59. The van der Waals surface area contributed by atoms with Gasteiger partial charge in [0.05, 0.1) is 6.61 Å². The molecule has 3 aliphatic rings. The molecule has 0 heterocycles. The smallest absolute Gasteiger partial charge is 0.0558 e. The van der Waals surface area contributed by atoms with Crippen LogP contribution in [0, 0.1) is 29.6 Å². The molecule has 0 spiro atoms. The van der Waals surface area contributed by atoms with E-state index in [1.807, 2.05) is 0 Å². The van der Waals surface area contributed by atoms with Crippen LogP contribution in [0.25, 0.3) is 0 Å². The van der Waals surface area contributed by atoms with Gasteiger partial charge in [-0.2, -0.15) is 0 Å². The van der Waals surface area contributed by atoms with Gasteiger partial charge in [0.1, 0.15) is 0 Å². The first-order chi connectivity index (χ1) is 6.81. The van der Waals surface area contributed by atoms with Gasteiger partial charge in [0.25, 0.3) is 0 Å². The SMILES string of the molecule is CN(CCO)CC1C2C3CCC(C3)C12. The molecule has 80 valence electrons. The van der Waals surface area contributed by atoms with Crippen molar-refractivity contribution >= 4 is 0 Å². The Morgan fingerprint density at radius 3 is 2.43 bits per heavy atom. The van der Waals surface area contributed by atoms with Gasteiger partial charge < -0.3 is 10.0 Å². The van der Waals surface area contributed by atoms with E-state index in [-0.39, 0.29) is 0 Å². The highest BCUT2D eigenvalue weighted by Crippen LogP contribution is 2.69. The van der Waals surface area contributed by atoms with E-state index in [1.54, 1.807) is 6.42 Å². The summed E-state index contributed by atoms with van der Waals surface area (Å²) in [5.74, 6) is 5.37. The molecule has 2 heteroatoms. The fourth-order valence-electron chi connectivity index (χ4n) is 4.37. The Bertz CT molecular complexity index is 214. The Labute approximate surface area is 86.3 Å². The molecule has 0 aromatic carbocycles. The number of rotatable bonds is 4. The van der Waals surface area contributed by atoms with Crippen LogP contribution in [-0.4, -0.2) is 36.8 Å². The highest BCUT2D eigenvalue weighted by atomic mass is 16.3. The van der Waals surface area contributed by atoms with Crippen molar-refractivity contribution in [3.63, 3.8) is 0 Å². The van der Waals surface area contributed by atoms with Gasteiger partial charge >= 0.3 is 0 Å². The number of fused-ring (bicyclic) bond motifs is 5. The summed E-state index contributed by atoms with van der Waals surface area (Å²) in [5.41, 5.74) is 0. The number of hydrogen-bond acceptors (Lipinski definition) is 2. The summed E-state index contributed by atoms with van der Waals surface area (Å²) in [4.78, 5) is 2.31. The Hall–Kier alpha value is -0.0800. The minimum absolute atomic E-state index is 0.311. The maximum Gasteiger partial charge on any atom is 0.0558 e. The molecular formula is C12H21NO. The molecular weight excluding hydrogens is 174 g/mol. The third-order valence-electron chi connectivity index (χ3n) is 4.90. The molecule has 14 heavy (non-hydrogen) atoms. The molecule has 2 bridgehead atoms. The van der Waals surface area contributed by atoms with E-state index in [0.717, 1.165) is 36.1 Å². The molecule has 1 N–H and O–H groups in total. The number of likely N-dealkylation sites (N-methyl/N-ethyl adjacent to an activating group) is 1. The van der Waals surface area contributed by atoms with Crippen LogP contribution < -0.4 is 0 Å². The summed E-state index contributed by atoms with van der Waals surface area (Å²) in [7, 11) is 2.15. The second kappa shape index (κ2) is 3.21. The summed E-state index contributed by atoms with van der Waals surface area (Å²) < 4.78 is 0. The van der Waals surface area contributed by atoms with Crippen molar-refractivity contribution in [3.05, 3.63) is 0 Å². The van der Waals surface area contributed by atoms with E-state index in [0.29, 0.717) is 6.61 Å². The van der Waals surface area contributed by atoms with E-state index in [2.05, 4.69) is 11.9 Å². The second-order valence-corrected chi connectivity index (χ2v) is 5.64. The van der Waals surface area contributed by atoms with Crippen LogP contribution >= 0.6 is 0 Å². The summed E-state index contributed by atoms with van der Waals surface area (Å²) in [5, 5.41) is 8.85. The minimum Gasteiger partial charge on any atom is -0.395 e. The van der Waals surface area contributed by atoms with Crippen molar-refractivity contribution < 1.29 is 5.11 Å². The quantitative estimate of drug-likeness (QED) is 0.728. The zero-order chi connectivity index (χ0) is 9.71. The molecule has 0 aromatic heterocycles. The van der Waals surface area contributed by atoms with Crippen LogP contribution in [0.15, 0.2) is 0 Å². The van der Waals surface area contributed by atoms with Crippen LogP contribution in [0.4, 0.5) is 0 Å². The average molecular weight is 195 g/mol. The Morgan fingerprint density at radius 2 is 1.86 bits per heavy atom. The predicted molar refractivity (Wildman–Crippen MR) is 55.9 cm³/mol. The van der Waals surface area contributed by atoms with Crippen LogP contribution in [0.2, 0.25) is 0 Å². The zero-order valence-electron chi connectivity index (χ0n) is 9.02. The maximum atomic E-state index is 8.85. The van der Waals surface area contributed by atoms with Crippen LogP contribution in [-0.2, 0) is 0 Å². The molecule has 0 saturated heterocycles. The molecule has 3 fully saturated rings. The molecule has 3 saturated carbocycles. The normalized spacial score (nSPS) is 48.6. The summed E-state index contributed by atoms with van der Waals surface area (Å²) >= 11 is 0. The monoisotopic (exact) mass is 195 g/mol. The van der Waals surface area contributed by atoms with Crippen molar-refractivity contribution in [2.45, 2.75) is 19.3 Å². The van der Waals surface area contributed by atoms with Crippen LogP contribution in [0.1, 0.15) is 19.3 Å². The van der Waals surface area contributed by atoms with Crippen molar-refractivity contribution in [1.29, 1.82) is 0 Å². The third kappa shape index (κ3) is 1.24. The lowest BCUT2D eigenvalue weighted by Crippen LogP contribution is -2.26. The first-order valence-corrected chi connectivity index (χ1v) is 6.10. The Balaban J connectivity index is 1.54. The van der Waals surface area contributed by atoms with E-state index in [9.17, 15) is 0 Å². The van der Waals surface area contributed by atoms with Gasteiger partial charge in [-0.15, -0.1) is 0 Å². The van der Waals surface area contributed by atoms with Crippen molar-refractivity contribution in [1.82, 2.24) is 4.90 Å². The number of aliphatic hydroxyl groups excluding tert-OH is 1. The van der Waals surface area contributed by atoms with Crippen LogP contribution in [0.5, 0.6) is 0 Å². The summed E-state index contributed by atoms with van der Waals surface area (Å²) in [6, 6.07) is 0. The van der Waals surface area contributed by atoms with Gasteiger partial charge in [0.2, 0.25) is 0 Å². The largest absolute Gasteiger partial charge is 0.395 e. The zero-order valence-corrected chi connectivity index (χ0v) is 9.02. The second-order valence-electron chi connectivity index (χ2n) is 5.64. The minimum atomic E-state index is 0.311. The van der Waals surface area contributed by atoms with E-state index in [4.69, 9.17) is 5.11 Å². The molecule has 2 nitrogen and oxygen atoms in total. The topological polar surface area (TPSA) is 23.5 Å². The number of aliphatic hydroxyl groups is 1. The van der Waals surface area contributed by atoms with Crippen molar-refractivity contribution in [2.24, 2.45) is 29.6 Å². The first kappa shape index (κ1) is 9.17. The van der Waals surface area contributed by atoms with Crippen molar-refractivity contribution in [3.8, 4) is 0 Å². The fraction of sp³-hybridized carbons (Fsp3) is 1.00. The number of hydrogen-bond donors (Lipinski definition) is 1. The predicted octanol–water partition coefficient (Wildman–Crippen LogP) is 1.20. The molecule has 0 aromatic rings. The van der Waals surface area contributed by atoms with Gasteiger partial charge in [0.15, 0.2) is 0 Å². The third-order valence-corrected chi connectivity index (χ3v) is 4.90. The van der Waals surface area contributed by atoms with E-state index in [1.165, 1.54) is 19.4 Å². The van der Waals surface area contributed by atoms with Crippen LogP contribution in [0.3, 0.4) is 0 Å². The lowest BCUT2D eigenvalue weighted by Gasteiger charge is -2.17. The molecule has 0 radical (unpaired) electrons. The molecule has 0 aliphatic heterocycles. The number of nitrogens with zero attached hydrogens (tertiary/aromatic N) is 1. The van der Waals surface area contributed by atoms with E-state index >= 15 is 0 Å². The Kier molecular flexibility index (Phi) is 2.10. The Morgan fingerprint density at radius 1 is 1.21 bits per heavy atom. The lowest BCUT2D eigenvalue weighted by molar-refractivity contribution is 0.208. The molecule has 4 atom stereocenters. The highest BCUT2D eigenvalue weighted by molar-refractivity contribution is 5.13. The average Bonchev–Trinajstić information content (AvgIpc) is 2.60. The standard InChI is InChI=1S/C12H21NO/c1-13(4-5-14)7-10-11-8-2-3-9(6-8)12(10)11/h8-12,14H,2-7H2,1H3. The molecule has 4 unspecified atom stereocenters.